The first-order chi connectivity index (χ1) is 13.2. The summed E-state index contributed by atoms with van der Waals surface area (Å²) in [6.07, 6.45) is 3.57. The third-order valence-electron chi connectivity index (χ3n) is 4.33. The van der Waals surface area contributed by atoms with E-state index in [2.05, 4.69) is 12.2 Å². The molecule has 3 aromatic rings. The number of nitrogens with zero attached hydrogens (tertiary/aromatic N) is 2. The van der Waals surface area contributed by atoms with Crippen LogP contribution in [0.5, 0.6) is 0 Å². The number of carbonyl (C=O) groups excluding carboxylic acids is 1. The van der Waals surface area contributed by atoms with Gasteiger partial charge in [0.1, 0.15) is 6.54 Å². The van der Waals surface area contributed by atoms with Crippen LogP contribution in [0.2, 0.25) is 5.02 Å². The number of fused-ring (bicyclic) bond motifs is 1. The highest BCUT2D eigenvalue weighted by molar-refractivity contribution is 7.99. The van der Waals surface area contributed by atoms with Gasteiger partial charge in [0.2, 0.25) is 5.91 Å². The molecule has 0 spiro atoms. The number of thioether (sulfide) groups is 1. The Kier molecular flexibility index (Phi) is 7.18. The number of nitrogens with one attached hydrogen (secondary N) is 1. The zero-order chi connectivity index (χ0) is 19.1. The minimum Gasteiger partial charge on any atom is -0.350 e. The fourth-order valence-corrected chi connectivity index (χ4v) is 4.08. The third-order valence-corrected chi connectivity index (χ3v) is 5.77. The van der Waals surface area contributed by atoms with Crippen LogP contribution in [0.1, 0.15) is 31.7 Å². The molecule has 0 fully saturated rings. The van der Waals surface area contributed by atoms with E-state index >= 15 is 0 Å². The highest BCUT2D eigenvalue weighted by Crippen LogP contribution is 2.25. The Hall–Kier alpha value is -1.98. The molecule has 1 amide bonds. The number of imidazole rings is 1. The summed E-state index contributed by atoms with van der Waals surface area (Å²) in [4.78, 5) is 17.3. The van der Waals surface area contributed by atoms with Gasteiger partial charge in [-0.25, -0.2) is 4.98 Å². The van der Waals surface area contributed by atoms with Crippen molar-refractivity contribution in [2.24, 2.45) is 0 Å². The molecule has 3 rings (SSSR count). The average Bonchev–Trinajstić information content (AvgIpc) is 3.02. The molecular formula is C21H24ClN3OS. The molecule has 1 heterocycles. The Balaban J connectivity index is 1.70. The molecule has 142 valence electrons. The topological polar surface area (TPSA) is 46.9 Å². The van der Waals surface area contributed by atoms with Crippen LogP contribution in [-0.4, -0.2) is 21.2 Å². The monoisotopic (exact) mass is 401 g/mol. The van der Waals surface area contributed by atoms with Crippen LogP contribution in [0.25, 0.3) is 11.0 Å². The standard InChI is InChI=1S/C21H24ClN3OS/c1-2-3-8-13-27-21-24-18-11-6-7-12-19(18)25(21)15-20(26)23-14-16-9-4-5-10-17(16)22/h4-7,9-12H,2-3,8,13-15H2,1H3,(H,23,26). The lowest BCUT2D eigenvalue weighted by atomic mass is 10.2. The minimum absolute atomic E-state index is 0.0477. The Morgan fingerprint density at radius 3 is 2.74 bits per heavy atom. The van der Waals surface area contributed by atoms with E-state index in [4.69, 9.17) is 16.6 Å². The number of hydrogen-bond donors (Lipinski definition) is 1. The first-order valence-corrected chi connectivity index (χ1v) is 10.6. The molecular weight excluding hydrogens is 378 g/mol. The fraction of sp³-hybridized carbons (Fsp3) is 0.333. The SMILES string of the molecule is CCCCCSc1nc2ccccc2n1CC(=O)NCc1ccccc1Cl. The van der Waals surface area contributed by atoms with Crippen LogP contribution in [0.4, 0.5) is 0 Å². The Bertz CT molecular complexity index is 909. The summed E-state index contributed by atoms with van der Waals surface area (Å²) in [5.74, 6) is 0.965. The van der Waals surface area contributed by atoms with Crippen molar-refractivity contribution in [3.63, 3.8) is 0 Å². The van der Waals surface area contributed by atoms with E-state index in [-0.39, 0.29) is 12.5 Å². The van der Waals surface area contributed by atoms with Gasteiger partial charge >= 0.3 is 0 Å². The van der Waals surface area contributed by atoms with Crippen molar-refractivity contribution in [2.75, 3.05) is 5.75 Å². The molecule has 27 heavy (non-hydrogen) atoms. The van der Waals surface area contributed by atoms with Crippen molar-refractivity contribution in [2.45, 2.75) is 44.4 Å². The lowest BCUT2D eigenvalue weighted by Crippen LogP contribution is -2.27. The molecule has 0 aliphatic heterocycles. The van der Waals surface area contributed by atoms with Gasteiger partial charge in [-0.05, 0) is 30.2 Å². The Labute approximate surface area is 169 Å². The number of amides is 1. The van der Waals surface area contributed by atoms with Crippen molar-refractivity contribution in [1.82, 2.24) is 14.9 Å². The van der Waals surface area contributed by atoms with Crippen molar-refractivity contribution >= 4 is 40.3 Å². The largest absolute Gasteiger partial charge is 0.350 e. The van der Waals surface area contributed by atoms with Gasteiger partial charge in [0, 0.05) is 17.3 Å². The third kappa shape index (κ3) is 5.27. The molecule has 0 unspecified atom stereocenters. The summed E-state index contributed by atoms with van der Waals surface area (Å²) in [5.41, 5.74) is 2.83. The van der Waals surface area contributed by atoms with Gasteiger partial charge in [-0.2, -0.15) is 0 Å². The number of rotatable bonds is 9. The zero-order valence-corrected chi connectivity index (χ0v) is 17.0. The molecule has 0 aliphatic rings. The number of aromatic nitrogens is 2. The van der Waals surface area contributed by atoms with Gasteiger partial charge in [-0.15, -0.1) is 0 Å². The molecule has 1 N–H and O–H groups in total. The van der Waals surface area contributed by atoms with E-state index < -0.39 is 0 Å². The zero-order valence-electron chi connectivity index (χ0n) is 15.5. The fourth-order valence-electron chi connectivity index (χ4n) is 2.87. The predicted octanol–water partition coefficient (Wildman–Crippen LogP) is 5.29. The molecule has 4 nitrogen and oxygen atoms in total. The van der Waals surface area contributed by atoms with Crippen LogP contribution in [0, 0.1) is 0 Å². The number of unbranched alkanes of at least 4 members (excludes halogenated alkanes) is 2. The molecule has 0 saturated heterocycles. The number of carbonyl (C=O) groups is 1. The molecule has 0 bridgehead atoms. The van der Waals surface area contributed by atoms with Crippen molar-refractivity contribution in [1.29, 1.82) is 0 Å². The van der Waals surface area contributed by atoms with Gasteiger partial charge in [0.15, 0.2) is 5.16 Å². The number of para-hydroxylation sites is 2. The summed E-state index contributed by atoms with van der Waals surface area (Å²) < 4.78 is 2.01. The Morgan fingerprint density at radius 1 is 1.15 bits per heavy atom. The van der Waals surface area contributed by atoms with Gasteiger partial charge in [-0.3, -0.25) is 4.79 Å². The molecule has 0 aliphatic carbocycles. The highest BCUT2D eigenvalue weighted by atomic mass is 35.5. The quantitative estimate of drug-likeness (QED) is 0.391. The second-order valence-electron chi connectivity index (χ2n) is 6.39. The lowest BCUT2D eigenvalue weighted by Gasteiger charge is -2.10. The summed E-state index contributed by atoms with van der Waals surface area (Å²) >= 11 is 7.89. The normalized spacial score (nSPS) is 11.0. The summed E-state index contributed by atoms with van der Waals surface area (Å²) in [7, 11) is 0. The van der Waals surface area contributed by atoms with Crippen LogP contribution < -0.4 is 5.32 Å². The molecule has 0 atom stereocenters. The lowest BCUT2D eigenvalue weighted by molar-refractivity contribution is -0.121. The number of halogens is 1. The van der Waals surface area contributed by atoms with Gasteiger partial charge in [0.05, 0.1) is 11.0 Å². The van der Waals surface area contributed by atoms with Gasteiger partial charge in [0.25, 0.3) is 0 Å². The maximum Gasteiger partial charge on any atom is 0.240 e. The summed E-state index contributed by atoms with van der Waals surface area (Å²) in [6.45, 7) is 2.87. The molecule has 0 radical (unpaired) electrons. The molecule has 2 aromatic carbocycles. The molecule has 1 aromatic heterocycles. The van der Waals surface area contributed by atoms with Crippen LogP contribution >= 0.6 is 23.4 Å². The summed E-state index contributed by atoms with van der Waals surface area (Å²) in [6, 6.07) is 15.5. The van der Waals surface area contributed by atoms with E-state index in [9.17, 15) is 4.79 Å². The van der Waals surface area contributed by atoms with Crippen LogP contribution in [0.15, 0.2) is 53.7 Å². The van der Waals surface area contributed by atoms with Gasteiger partial charge < -0.3 is 9.88 Å². The second kappa shape index (κ2) is 9.81. The average molecular weight is 402 g/mol. The van der Waals surface area contributed by atoms with Gasteiger partial charge in [-0.1, -0.05) is 73.5 Å². The van der Waals surface area contributed by atoms with E-state index in [1.54, 1.807) is 11.8 Å². The Morgan fingerprint density at radius 2 is 1.93 bits per heavy atom. The summed E-state index contributed by atoms with van der Waals surface area (Å²) in [5, 5.41) is 4.53. The minimum atomic E-state index is -0.0477. The number of benzene rings is 2. The van der Waals surface area contributed by atoms with Crippen molar-refractivity contribution in [3.05, 3.63) is 59.1 Å². The first kappa shape index (κ1) is 19.8. The van der Waals surface area contributed by atoms with Crippen molar-refractivity contribution in [3.8, 4) is 0 Å². The number of hydrogen-bond acceptors (Lipinski definition) is 3. The maximum atomic E-state index is 12.6. The van der Waals surface area contributed by atoms with E-state index in [1.807, 2.05) is 53.1 Å². The van der Waals surface area contributed by atoms with E-state index in [1.165, 1.54) is 12.8 Å². The maximum absolute atomic E-state index is 12.6. The van der Waals surface area contributed by atoms with Crippen LogP contribution in [0.3, 0.4) is 0 Å². The smallest absolute Gasteiger partial charge is 0.240 e. The first-order valence-electron chi connectivity index (χ1n) is 9.27. The molecule has 6 heteroatoms. The van der Waals surface area contributed by atoms with E-state index in [0.717, 1.165) is 33.9 Å². The van der Waals surface area contributed by atoms with Crippen LogP contribution in [-0.2, 0) is 17.9 Å². The highest BCUT2D eigenvalue weighted by Gasteiger charge is 2.14. The van der Waals surface area contributed by atoms with Crippen molar-refractivity contribution < 1.29 is 4.79 Å². The van der Waals surface area contributed by atoms with E-state index in [0.29, 0.717) is 11.6 Å². The predicted molar refractivity (Wildman–Crippen MR) is 113 cm³/mol. The molecule has 0 saturated carbocycles. The second-order valence-corrected chi connectivity index (χ2v) is 7.86.